The van der Waals surface area contributed by atoms with Gasteiger partial charge in [0.05, 0.1) is 5.69 Å². The Morgan fingerprint density at radius 2 is 1.81 bits per heavy atom. The topological polar surface area (TPSA) is 45.5 Å². The van der Waals surface area contributed by atoms with Gasteiger partial charge >= 0.3 is 5.63 Å². The molecule has 2 aromatic carbocycles. The minimum absolute atomic E-state index is 0.320. The highest BCUT2D eigenvalue weighted by molar-refractivity contribution is 6.30. The first-order chi connectivity index (χ1) is 13.2. The van der Waals surface area contributed by atoms with Crippen molar-refractivity contribution in [2.75, 3.05) is 18.4 Å². The molecule has 0 aliphatic carbocycles. The summed E-state index contributed by atoms with van der Waals surface area (Å²) in [6.45, 7) is 1.95. The van der Waals surface area contributed by atoms with Gasteiger partial charge in [0, 0.05) is 35.6 Å². The molecule has 1 aromatic heterocycles. The summed E-state index contributed by atoms with van der Waals surface area (Å²) in [6.07, 6.45) is 6.28. The lowest BCUT2D eigenvalue weighted by molar-refractivity contribution is 0.295. The molecule has 0 radical (unpaired) electrons. The molecule has 4 nitrogen and oxygen atoms in total. The highest BCUT2D eigenvalue weighted by Crippen LogP contribution is 2.24. The number of likely N-dealkylation sites (tertiary alicyclic amines) is 1. The summed E-state index contributed by atoms with van der Waals surface area (Å²) in [7, 11) is 0. The van der Waals surface area contributed by atoms with Gasteiger partial charge in [-0.2, -0.15) is 0 Å². The smallest absolute Gasteiger partial charge is 0.338 e. The highest BCUT2D eigenvalue weighted by Gasteiger charge is 2.18. The molecule has 27 heavy (non-hydrogen) atoms. The molecule has 0 unspecified atom stereocenters. The second kappa shape index (κ2) is 7.89. The molecule has 3 aromatic rings. The van der Waals surface area contributed by atoms with Crippen molar-refractivity contribution in [1.29, 1.82) is 0 Å². The lowest BCUT2D eigenvalue weighted by Gasteiger charge is -2.32. The Hall–Kier alpha value is -2.72. The van der Waals surface area contributed by atoms with E-state index >= 15 is 0 Å². The van der Waals surface area contributed by atoms with Gasteiger partial charge in [-0.25, -0.2) is 4.79 Å². The molecule has 0 bridgehead atoms. The van der Waals surface area contributed by atoms with E-state index in [0.29, 0.717) is 11.6 Å². The molecule has 0 saturated carbocycles. The Bertz CT molecular complexity index is 1000. The van der Waals surface area contributed by atoms with E-state index in [-0.39, 0.29) is 5.63 Å². The number of para-hydroxylation sites is 1. The second-order valence-corrected chi connectivity index (χ2v) is 7.23. The van der Waals surface area contributed by atoms with E-state index in [2.05, 4.69) is 22.5 Å². The van der Waals surface area contributed by atoms with E-state index < -0.39 is 0 Å². The molecule has 4 rings (SSSR count). The normalized spacial score (nSPS) is 15.5. The van der Waals surface area contributed by atoms with Crippen molar-refractivity contribution in [2.45, 2.75) is 18.9 Å². The maximum Gasteiger partial charge on any atom is 0.338 e. The fourth-order valence-corrected chi connectivity index (χ4v) is 3.54. The van der Waals surface area contributed by atoms with Gasteiger partial charge in [-0.1, -0.05) is 35.9 Å². The van der Waals surface area contributed by atoms with E-state index in [1.54, 1.807) is 6.07 Å². The van der Waals surface area contributed by atoms with Crippen molar-refractivity contribution in [3.05, 3.63) is 81.8 Å². The number of hydrogen-bond donors (Lipinski definition) is 1. The first kappa shape index (κ1) is 17.7. The van der Waals surface area contributed by atoms with Crippen LogP contribution in [-0.4, -0.2) is 24.0 Å². The first-order valence-corrected chi connectivity index (χ1v) is 9.52. The van der Waals surface area contributed by atoms with Crippen LogP contribution in [0.25, 0.3) is 17.0 Å². The van der Waals surface area contributed by atoms with Gasteiger partial charge in [-0.3, -0.25) is 0 Å². The average molecular weight is 381 g/mol. The quantitative estimate of drug-likeness (QED) is 0.647. The van der Waals surface area contributed by atoms with Gasteiger partial charge in [0.1, 0.15) is 5.58 Å². The van der Waals surface area contributed by atoms with Gasteiger partial charge in [0.15, 0.2) is 0 Å². The van der Waals surface area contributed by atoms with Gasteiger partial charge in [0.25, 0.3) is 0 Å². The number of rotatable bonds is 4. The van der Waals surface area contributed by atoms with Gasteiger partial charge < -0.3 is 14.6 Å². The third-order valence-corrected chi connectivity index (χ3v) is 5.14. The fourth-order valence-electron chi connectivity index (χ4n) is 3.41. The van der Waals surface area contributed by atoms with Crippen LogP contribution in [0.1, 0.15) is 18.4 Å². The Morgan fingerprint density at radius 3 is 2.59 bits per heavy atom. The maximum atomic E-state index is 11.8. The molecular formula is C22H21ClN2O2. The average Bonchev–Trinajstić information content (AvgIpc) is 2.68. The molecule has 1 N–H and O–H groups in total. The van der Waals surface area contributed by atoms with E-state index in [4.69, 9.17) is 16.0 Å². The van der Waals surface area contributed by atoms with Gasteiger partial charge in [-0.05, 0) is 54.9 Å². The molecule has 0 spiro atoms. The molecule has 0 amide bonds. The Labute approximate surface area is 163 Å². The van der Waals surface area contributed by atoms with Crippen LogP contribution in [0.3, 0.4) is 0 Å². The monoisotopic (exact) mass is 380 g/mol. The third-order valence-electron chi connectivity index (χ3n) is 4.89. The van der Waals surface area contributed by atoms with Crippen LogP contribution < -0.4 is 10.9 Å². The SMILES string of the molecule is O=c1cc(NC2CCN(/C=C/c3ccc(Cl)cc3)CC2)c2ccccc2o1. The minimum atomic E-state index is -0.320. The summed E-state index contributed by atoms with van der Waals surface area (Å²) in [5.74, 6) is 0. The summed E-state index contributed by atoms with van der Waals surface area (Å²) < 4.78 is 5.27. The van der Waals surface area contributed by atoms with Crippen molar-refractivity contribution in [1.82, 2.24) is 4.90 Å². The number of piperidine rings is 1. The lowest BCUT2D eigenvalue weighted by atomic mass is 10.0. The van der Waals surface area contributed by atoms with Crippen LogP contribution in [0.4, 0.5) is 5.69 Å². The van der Waals surface area contributed by atoms with Crippen LogP contribution in [0, 0.1) is 0 Å². The summed E-state index contributed by atoms with van der Waals surface area (Å²) in [5, 5.41) is 5.24. The summed E-state index contributed by atoms with van der Waals surface area (Å²) in [5.41, 5.74) is 2.30. The van der Waals surface area contributed by atoms with E-state index in [9.17, 15) is 4.79 Å². The van der Waals surface area contributed by atoms with Crippen molar-refractivity contribution in [2.24, 2.45) is 0 Å². The molecule has 1 aliphatic rings. The largest absolute Gasteiger partial charge is 0.423 e. The van der Waals surface area contributed by atoms with E-state index in [0.717, 1.165) is 47.6 Å². The van der Waals surface area contributed by atoms with Crippen molar-refractivity contribution >= 4 is 34.3 Å². The number of hydrogen-bond acceptors (Lipinski definition) is 4. The van der Waals surface area contributed by atoms with Crippen LogP contribution in [-0.2, 0) is 0 Å². The predicted octanol–water partition coefficient (Wildman–Crippen LogP) is 4.99. The lowest BCUT2D eigenvalue weighted by Crippen LogP contribution is -2.36. The predicted molar refractivity (Wildman–Crippen MR) is 111 cm³/mol. The third kappa shape index (κ3) is 4.34. The zero-order valence-corrected chi connectivity index (χ0v) is 15.7. The van der Waals surface area contributed by atoms with Crippen LogP contribution >= 0.6 is 11.6 Å². The number of nitrogens with one attached hydrogen (secondary N) is 1. The van der Waals surface area contributed by atoms with Crippen molar-refractivity contribution in [3.8, 4) is 0 Å². The summed E-state index contributed by atoms with van der Waals surface area (Å²) >= 11 is 5.92. The number of anilines is 1. The Kier molecular flexibility index (Phi) is 5.16. The summed E-state index contributed by atoms with van der Waals surface area (Å²) in [6, 6.07) is 17.4. The van der Waals surface area contributed by atoms with E-state index in [1.165, 1.54) is 0 Å². The molecular weight excluding hydrogens is 360 g/mol. The first-order valence-electron chi connectivity index (χ1n) is 9.15. The molecule has 2 heterocycles. The van der Waals surface area contributed by atoms with Crippen LogP contribution in [0.15, 0.2) is 70.0 Å². The zero-order chi connectivity index (χ0) is 18.6. The molecule has 5 heteroatoms. The Balaban J connectivity index is 1.39. The maximum absolute atomic E-state index is 11.8. The minimum Gasteiger partial charge on any atom is -0.423 e. The number of nitrogens with zero attached hydrogens (tertiary/aromatic N) is 1. The van der Waals surface area contributed by atoms with Crippen LogP contribution in [0.5, 0.6) is 0 Å². The fraction of sp³-hybridized carbons (Fsp3) is 0.227. The Morgan fingerprint density at radius 1 is 1.07 bits per heavy atom. The number of fused-ring (bicyclic) bond motifs is 1. The number of halogens is 1. The second-order valence-electron chi connectivity index (χ2n) is 6.80. The molecule has 1 aliphatic heterocycles. The van der Waals surface area contributed by atoms with Gasteiger partial charge in [0.2, 0.25) is 0 Å². The van der Waals surface area contributed by atoms with Gasteiger partial charge in [-0.15, -0.1) is 0 Å². The van der Waals surface area contributed by atoms with E-state index in [1.807, 2.05) is 48.5 Å². The molecule has 0 atom stereocenters. The van der Waals surface area contributed by atoms with Crippen molar-refractivity contribution < 1.29 is 4.42 Å². The molecule has 1 fully saturated rings. The van der Waals surface area contributed by atoms with Crippen molar-refractivity contribution in [3.63, 3.8) is 0 Å². The standard InChI is InChI=1S/C22H21ClN2O2/c23-17-7-5-16(6-8-17)9-12-25-13-10-18(11-14-25)24-20-15-22(26)27-21-4-2-1-3-19(20)21/h1-9,12,15,18,24H,10-11,13-14H2/b12-9+. The zero-order valence-electron chi connectivity index (χ0n) is 14.9. The summed E-state index contributed by atoms with van der Waals surface area (Å²) in [4.78, 5) is 14.1. The molecule has 138 valence electrons. The number of benzene rings is 2. The molecule has 1 saturated heterocycles. The van der Waals surface area contributed by atoms with Crippen LogP contribution in [0.2, 0.25) is 5.02 Å². The highest BCUT2D eigenvalue weighted by atomic mass is 35.5.